The van der Waals surface area contributed by atoms with E-state index in [4.69, 9.17) is 4.52 Å². The average Bonchev–Trinajstić information content (AvgIpc) is 3.22. The Kier molecular flexibility index (Phi) is 5.33. The summed E-state index contributed by atoms with van der Waals surface area (Å²) < 4.78 is 7.14. The first-order valence-electron chi connectivity index (χ1n) is 8.84. The van der Waals surface area contributed by atoms with E-state index >= 15 is 0 Å². The number of rotatable bonds is 6. The van der Waals surface area contributed by atoms with E-state index in [0.29, 0.717) is 18.9 Å². The molecule has 0 N–H and O–H groups in total. The Morgan fingerprint density at radius 3 is 2.96 bits per heavy atom. The number of hydrogen-bond donors (Lipinski definition) is 0. The van der Waals surface area contributed by atoms with Crippen molar-refractivity contribution in [2.75, 3.05) is 6.54 Å². The van der Waals surface area contributed by atoms with Crippen molar-refractivity contribution in [3.05, 3.63) is 35.5 Å². The van der Waals surface area contributed by atoms with Gasteiger partial charge in [0.05, 0.1) is 5.69 Å². The van der Waals surface area contributed by atoms with E-state index in [1.54, 1.807) is 6.20 Å². The molecule has 1 aliphatic rings. The summed E-state index contributed by atoms with van der Waals surface area (Å²) in [6, 6.07) is 2.27. The molecule has 1 atom stereocenters. The van der Waals surface area contributed by atoms with Gasteiger partial charge in [-0.15, -0.1) is 0 Å². The standard InChI is InChI=1S/C18H26N4O2/c1-14-17(15(2)24-20-14)7-8-18(23)22-12-4-3-6-16(22)9-13-21-11-5-10-19-21/h5,10-11,16H,3-4,6-9,12-13H2,1-2H3/t16-/m1/s1. The maximum atomic E-state index is 12.7. The van der Waals surface area contributed by atoms with Crippen LogP contribution in [0.15, 0.2) is 23.0 Å². The molecule has 130 valence electrons. The van der Waals surface area contributed by atoms with Crippen molar-refractivity contribution in [3.8, 4) is 0 Å². The van der Waals surface area contributed by atoms with Crippen molar-refractivity contribution < 1.29 is 9.32 Å². The summed E-state index contributed by atoms with van der Waals surface area (Å²) in [6.07, 6.45) is 9.40. The lowest BCUT2D eigenvalue weighted by atomic mass is 9.98. The van der Waals surface area contributed by atoms with E-state index in [0.717, 1.165) is 49.4 Å². The van der Waals surface area contributed by atoms with Gasteiger partial charge in [0, 0.05) is 43.5 Å². The Morgan fingerprint density at radius 1 is 1.38 bits per heavy atom. The number of aryl methyl sites for hydroxylation is 3. The van der Waals surface area contributed by atoms with Crippen molar-refractivity contribution in [1.29, 1.82) is 0 Å². The van der Waals surface area contributed by atoms with Crippen LogP contribution in [-0.4, -0.2) is 38.3 Å². The van der Waals surface area contributed by atoms with Crippen LogP contribution < -0.4 is 0 Å². The molecule has 3 rings (SSSR count). The first kappa shape index (κ1) is 16.7. The molecule has 2 aromatic rings. The molecule has 0 spiro atoms. The minimum Gasteiger partial charge on any atom is -0.361 e. The van der Waals surface area contributed by atoms with Gasteiger partial charge >= 0.3 is 0 Å². The predicted molar refractivity (Wildman–Crippen MR) is 90.5 cm³/mol. The molecular weight excluding hydrogens is 304 g/mol. The van der Waals surface area contributed by atoms with E-state index in [1.165, 1.54) is 6.42 Å². The monoisotopic (exact) mass is 330 g/mol. The zero-order valence-electron chi connectivity index (χ0n) is 14.6. The van der Waals surface area contributed by atoms with Crippen LogP contribution in [0.4, 0.5) is 0 Å². The number of nitrogens with zero attached hydrogens (tertiary/aromatic N) is 4. The van der Waals surface area contributed by atoms with Gasteiger partial charge in [0.2, 0.25) is 5.91 Å². The Balaban J connectivity index is 1.56. The van der Waals surface area contributed by atoms with Gasteiger partial charge < -0.3 is 9.42 Å². The molecule has 1 fully saturated rings. The highest BCUT2D eigenvalue weighted by molar-refractivity contribution is 5.77. The fourth-order valence-corrected chi connectivity index (χ4v) is 3.58. The van der Waals surface area contributed by atoms with E-state index < -0.39 is 0 Å². The Labute approximate surface area is 142 Å². The van der Waals surface area contributed by atoms with Crippen LogP contribution in [0.25, 0.3) is 0 Å². The molecule has 0 bridgehead atoms. The third kappa shape index (κ3) is 3.86. The maximum Gasteiger partial charge on any atom is 0.223 e. The highest BCUT2D eigenvalue weighted by Gasteiger charge is 2.26. The average molecular weight is 330 g/mol. The predicted octanol–water partition coefficient (Wildman–Crippen LogP) is 2.89. The fourth-order valence-electron chi connectivity index (χ4n) is 3.58. The van der Waals surface area contributed by atoms with Crippen LogP contribution in [0, 0.1) is 13.8 Å². The molecule has 1 aliphatic heterocycles. The Morgan fingerprint density at radius 2 is 2.25 bits per heavy atom. The number of carbonyl (C=O) groups excluding carboxylic acids is 1. The summed E-state index contributed by atoms with van der Waals surface area (Å²) in [4.78, 5) is 14.8. The van der Waals surface area contributed by atoms with Gasteiger partial charge in [0.25, 0.3) is 0 Å². The Hall–Kier alpha value is -2.11. The molecule has 6 heteroatoms. The van der Waals surface area contributed by atoms with E-state index in [2.05, 4.69) is 15.2 Å². The van der Waals surface area contributed by atoms with E-state index in [-0.39, 0.29) is 5.91 Å². The molecule has 0 saturated carbocycles. The normalized spacial score (nSPS) is 18.1. The van der Waals surface area contributed by atoms with Crippen LogP contribution >= 0.6 is 0 Å². The van der Waals surface area contributed by atoms with Crippen LogP contribution in [-0.2, 0) is 17.8 Å². The molecule has 0 unspecified atom stereocenters. The van der Waals surface area contributed by atoms with Crippen molar-refractivity contribution in [2.45, 2.75) is 65.0 Å². The summed E-state index contributed by atoms with van der Waals surface area (Å²) in [5.74, 6) is 1.08. The van der Waals surface area contributed by atoms with Gasteiger partial charge in [0.15, 0.2) is 0 Å². The third-order valence-electron chi connectivity index (χ3n) is 4.97. The number of piperidine rings is 1. The summed E-state index contributed by atoms with van der Waals surface area (Å²) in [6.45, 7) is 5.59. The zero-order valence-corrected chi connectivity index (χ0v) is 14.6. The van der Waals surface area contributed by atoms with E-state index in [9.17, 15) is 4.79 Å². The van der Waals surface area contributed by atoms with Crippen LogP contribution in [0.1, 0.15) is 49.1 Å². The van der Waals surface area contributed by atoms with Crippen molar-refractivity contribution in [1.82, 2.24) is 19.8 Å². The topological polar surface area (TPSA) is 64.2 Å². The van der Waals surface area contributed by atoms with Crippen LogP contribution in [0.5, 0.6) is 0 Å². The molecule has 1 saturated heterocycles. The maximum absolute atomic E-state index is 12.7. The summed E-state index contributed by atoms with van der Waals surface area (Å²) in [7, 11) is 0. The first-order chi connectivity index (χ1) is 11.6. The van der Waals surface area contributed by atoms with Gasteiger partial charge in [-0.2, -0.15) is 5.10 Å². The lowest BCUT2D eigenvalue weighted by molar-refractivity contribution is -0.135. The molecule has 0 aliphatic carbocycles. The van der Waals surface area contributed by atoms with E-state index in [1.807, 2.05) is 30.8 Å². The van der Waals surface area contributed by atoms with Gasteiger partial charge in [0.1, 0.15) is 5.76 Å². The lowest BCUT2D eigenvalue weighted by Crippen LogP contribution is -2.44. The molecule has 24 heavy (non-hydrogen) atoms. The minimum atomic E-state index is 0.250. The number of likely N-dealkylation sites (tertiary alicyclic amines) is 1. The number of carbonyl (C=O) groups is 1. The highest BCUT2D eigenvalue weighted by Crippen LogP contribution is 2.22. The third-order valence-corrected chi connectivity index (χ3v) is 4.97. The molecule has 3 heterocycles. The van der Waals surface area contributed by atoms with Gasteiger partial charge in [-0.3, -0.25) is 9.48 Å². The second-order valence-electron chi connectivity index (χ2n) is 6.60. The van der Waals surface area contributed by atoms with Crippen LogP contribution in [0.2, 0.25) is 0 Å². The smallest absolute Gasteiger partial charge is 0.223 e. The SMILES string of the molecule is Cc1noc(C)c1CCC(=O)N1CCCC[C@@H]1CCn1cccn1. The van der Waals surface area contributed by atoms with Gasteiger partial charge in [-0.25, -0.2) is 0 Å². The summed E-state index contributed by atoms with van der Waals surface area (Å²) in [5.41, 5.74) is 1.97. The Bertz CT molecular complexity index is 643. The fraction of sp³-hybridized carbons (Fsp3) is 0.611. The second-order valence-corrected chi connectivity index (χ2v) is 6.60. The molecule has 1 amide bonds. The quantitative estimate of drug-likeness (QED) is 0.817. The van der Waals surface area contributed by atoms with Crippen molar-refractivity contribution in [3.63, 3.8) is 0 Å². The number of amides is 1. The lowest BCUT2D eigenvalue weighted by Gasteiger charge is -2.36. The minimum absolute atomic E-state index is 0.250. The van der Waals surface area contributed by atoms with Crippen molar-refractivity contribution >= 4 is 5.91 Å². The summed E-state index contributed by atoms with van der Waals surface area (Å²) >= 11 is 0. The molecule has 0 aromatic carbocycles. The number of hydrogen-bond acceptors (Lipinski definition) is 4. The van der Waals surface area contributed by atoms with Crippen LogP contribution in [0.3, 0.4) is 0 Å². The molecular formula is C18H26N4O2. The van der Waals surface area contributed by atoms with Crippen molar-refractivity contribution in [2.24, 2.45) is 0 Å². The van der Waals surface area contributed by atoms with Gasteiger partial charge in [-0.1, -0.05) is 5.16 Å². The number of aromatic nitrogens is 3. The molecule has 2 aromatic heterocycles. The zero-order chi connectivity index (χ0) is 16.9. The first-order valence-corrected chi connectivity index (χ1v) is 8.84. The largest absolute Gasteiger partial charge is 0.361 e. The summed E-state index contributed by atoms with van der Waals surface area (Å²) in [5, 5.41) is 8.23. The second kappa shape index (κ2) is 7.64. The highest BCUT2D eigenvalue weighted by atomic mass is 16.5. The van der Waals surface area contributed by atoms with Gasteiger partial charge in [-0.05, 0) is 52.0 Å². The molecule has 0 radical (unpaired) electrons. The molecule has 6 nitrogen and oxygen atoms in total.